The van der Waals surface area contributed by atoms with E-state index >= 15 is 0 Å². The van der Waals surface area contributed by atoms with Crippen molar-refractivity contribution in [3.8, 4) is 11.1 Å². The first-order chi connectivity index (χ1) is 15.9. The van der Waals surface area contributed by atoms with Gasteiger partial charge in [0.2, 0.25) is 6.41 Å². The summed E-state index contributed by atoms with van der Waals surface area (Å²) >= 11 is 1.24. The lowest BCUT2D eigenvalue weighted by atomic mass is 10.0. The van der Waals surface area contributed by atoms with E-state index in [0.717, 1.165) is 4.90 Å². The second kappa shape index (κ2) is 10.1. The summed E-state index contributed by atoms with van der Waals surface area (Å²) in [6.45, 7) is -0.898. The average Bonchev–Trinajstić information content (AvgIpc) is 3.23. The fourth-order valence-corrected chi connectivity index (χ4v) is 4.74. The number of carbonyl (C=O) groups is 2. The quantitative estimate of drug-likeness (QED) is 0.259. The molecule has 0 saturated heterocycles. The van der Waals surface area contributed by atoms with Crippen LogP contribution >= 0.6 is 11.3 Å². The third-order valence-electron chi connectivity index (χ3n) is 4.58. The number of thiophene rings is 1. The molecule has 0 aliphatic heterocycles. The van der Waals surface area contributed by atoms with Gasteiger partial charge in [0.15, 0.2) is 0 Å². The van der Waals surface area contributed by atoms with Crippen LogP contribution in [0.1, 0.15) is 10.5 Å². The predicted octanol–water partition coefficient (Wildman–Crippen LogP) is 1.57. The molecule has 2 amide bonds. The molecule has 0 radical (unpaired) electrons. The molecule has 1 aromatic carbocycles. The van der Waals surface area contributed by atoms with Crippen molar-refractivity contribution < 1.29 is 39.9 Å². The van der Waals surface area contributed by atoms with Gasteiger partial charge in [-0.25, -0.2) is 9.37 Å². The lowest BCUT2D eigenvalue weighted by Crippen LogP contribution is -2.31. The van der Waals surface area contributed by atoms with Crippen LogP contribution in [-0.2, 0) is 25.0 Å². The molecule has 3 rings (SSSR count). The Morgan fingerprint density at radius 2 is 1.82 bits per heavy atom. The van der Waals surface area contributed by atoms with Gasteiger partial charge >= 0.3 is 0 Å². The highest BCUT2D eigenvalue weighted by atomic mass is 32.2. The molecule has 2 aromatic heterocycles. The first-order valence-electron chi connectivity index (χ1n) is 9.46. The van der Waals surface area contributed by atoms with E-state index in [2.05, 4.69) is 10.3 Å². The summed E-state index contributed by atoms with van der Waals surface area (Å²) in [4.78, 5) is 29.1. The van der Waals surface area contributed by atoms with Crippen molar-refractivity contribution in [2.75, 3.05) is 29.5 Å². The number of nitrogens with zero attached hydrogens (tertiary/aromatic N) is 2. The second-order valence-corrected chi connectivity index (χ2v) is 11.0. The zero-order valence-corrected chi connectivity index (χ0v) is 19.7. The second-order valence-electron chi connectivity index (χ2n) is 6.98. The highest BCUT2D eigenvalue weighted by Crippen LogP contribution is 2.35. The maximum Gasteiger partial charge on any atom is 0.270 e. The van der Waals surface area contributed by atoms with Crippen LogP contribution in [0.15, 0.2) is 35.7 Å². The number of nitrogens with one attached hydrogen (secondary N) is 1. The average molecular weight is 532 g/mol. The minimum Gasteiger partial charge on any atom is -0.350 e. The number of fused-ring (bicyclic) bond motifs is 1. The number of hydrogen-bond donors (Lipinski definition) is 3. The summed E-state index contributed by atoms with van der Waals surface area (Å²) in [6, 6.07) is 7.00. The fraction of sp³-hybridized carbons (Fsp3) is 0.211. The number of halogens is 1. The Balaban J connectivity index is 2.07. The lowest BCUT2D eigenvalue weighted by molar-refractivity contribution is -0.107. The molecule has 15 heteroatoms. The largest absolute Gasteiger partial charge is 0.350 e. The number of benzene rings is 1. The van der Waals surface area contributed by atoms with Gasteiger partial charge in [-0.1, -0.05) is 6.07 Å². The van der Waals surface area contributed by atoms with Crippen LogP contribution in [0.2, 0.25) is 0 Å². The molecule has 0 atom stereocenters. The van der Waals surface area contributed by atoms with Crippen molar-refractivity contribution in [3.63, 3.8) is 0 Å². The molecular formula is C19H18FN3O8S3. The SMILES string of the molecule is O=CN(CCS(=O)(=O)O)c1cc(-c2ccc(F)c3ccsc23)cc(C(=O)NCCS(=O)(=O)O)n1. The molecule has 3 N–H and O–H groups in total. The Bertz CT molecular complexity index is 1450. The summed E-state index contributed by atoms with van der Waals surface area (Å²) in [6.07, 6.45) is 0.267. The Kier molecular flexibility index (Phi) is 7.62. The van der Waals surface area contributed by atoms with Crippen LogP contribution in [0, 0.1) is 5.82 Å². The molecule has 0 spiro atoms. The summed E-state index contributed by atoms with van der Waals surface area (Å²) in [5.74, 6) is -2.96. The standard InChI is InChI=1S/C19H18FN3O8S3/c20-15-2-1-13(18-14(15)3-6-32-18)12-9-16(19(25)21-4-7-33(26,27)28)22-17(10-12)23(11-24)5-8-34(29,30)31/h1-3,6,9-11H,4-5,7-8H2,(H,21,25)(H,26,27,28)(H,29,30,31). The number of rotatable bonds is 10. The Morgan fingerprint density at radius 3 is 2.47 bits per heavy atom. The van der Waals surface area contributed by atoms with E-state index in [0.29, 0.717) is 21.2 Å². The van der Waals surface area contributed by atoms with E-state index in [-0.39, 0.29) is 17.9 Å². The third-order valence-corrected chi connectivity index (χ3v) is 6.94. The van der Waals surface area contributed by atoms with Crippen LogP contribution < -0.4 is 10.2 Å². The lowest BCUT2D eigenvalue weighted by Gasteiger charge is -2.18. The first kappa shape index (κ1) is 25.6. The molecule has 2 heterocycles. The van der Waals surface area contributed by atoms with Crippen LogP contribution in [0.25, 0.3) is 21.2 Å². The van der Waals surface area contributed by atoms with Crippen LogP contribution in [0.4, 0.5) is 10.2 Å². The number of hydrogen-bond acceptors (Lipinski definition) is 8. The molecule has 34 heavy (non-hydrogen) atoms. The van der Waals surface area contributed by atoms with Crippen molar-refractivity contribution in [2.45, 2.75) is 0 Å². The minimum absolute atomic E-state index is 0.134. The molecule has 0 unspecified atom stereocenters. The van der Waals surface area contributed by atoms with E-state index in [1.807, 2.05) is 0 Å². The fourth-order valence-electron chi connectivity index (χ4n) is 3.01. The van der Waals surface area contributed by atoms with Crippen LogP contribution in [0.5, 0.6) is 0 Å². The molecule has 0 saturated carbocycles. The molecule has 11 nitrogen and oxygen atoms in total. The van der Waals surface area contributed by atoms with Gasteiger partial charge in [0.05, 0.1) is 11.5 Å². The molecular weight excluding hydrogens is 513 g/mol. The Hall–Kier alpha value is -2.98. The number of carbonyl (C=O) groups excluding carboxylic acids is 2. The summed E-state index contributed by atoms with van der Waals surface area (Å²) in [5, 5.41) is 4.28. The van der Waals surface area contributed by atoms with Crippen LogP contribution in [-0.4, -0.2) is 67.8 Å². The van der Waals surface area contributed by atoms with E-state index in [1.54, 1.807) is 11.4 Å². The van der Waals surface area contributed by atoms with Gasteiger partial charge in [-0.15, -0.1) is 11.3 Å². The Labute approximate surface area is 197 Å². The number of anilines is 1. The van der Waals surface area contributed by atoms with E-state index in [4.69, 9.17) is 9.11 Å². The van der Waals surface area contributed by atoms with Crippen molar-refractivity contribution in [1.29, 1.82) is 0 Å². The Morgan fingerprint density at radius 1 is 1.12 bits per heavy atom. The number of amides is 2. The van der Waals surface area contributed by atoms with Crippen molar-refractivity contribution >= 4 is 59.8 Å². The summed E-state index contributed by atoms with van der Waals surface area (Å²) in [7, 11) is -8.73. The van der Waals surface area contributed by atoms with Gasteiger partial charge in [-0.3, -0.25) is 23.6 Å². The highest BCUT2D eigenvalue weighted by Gasteiger charge is 2.19. The van der Waals surface area contributed by atoms with Gasteiger partial charge in [-0.2, -0.15) is 16.8 Å². The monoisotopic (exact) mass is 531 g/mol. The minimum atomic E-state index is -4.41. The van der Waals surface area contributed by atoms with Gasteiger partial charge in [-0.05, 0) is 40.8 Å². The first-order valence-corrected chi connectivity index (χ1v) is 13.6. The maximum atomic E-state index is 14.2. The number of aromatic nitrogens is 1. The van der Waals surface area contributed by atoms with Crippen molar-refractivity contribution in [1.82, 2.24) is 10.3 Å². The molecule has 0 bridgehead atoms. The van der Waals surface area contributed by atoms with Crippen molar-refractivity contribution in [3.05, 3.63) is 47.2 Å². The smallest absolute Gasteiger partial charge is 0.270 e. The van der Waals surface area contributed by atoms with Gasteiger partial charge in [0, 0.05) is 23.2 Å². The molecule has 3 aromatic rings. The topological polar surface area (TPSA) is 171 Å². The van der Waals surface area contributed by atoms with E-state index in [9.17, 15) is 30.8 Å². The van der Waals surface area contributed by atoms with Crippen LogP contribution in [0.3, 0.4) is 0 Å². The zero-order chi connectivity index (χ0) is 25.1. The summed E-state index contributed by atoms with van der Waals surface area (Å²) in [5.41, 5.74) is 0.592. The third kappa shape index (κ3) is 6.54. The highest BCUT2D eigenvalue weighted by molar-refractivity contribution is 7.86. The van der Waals surface area contributed by atoms with Crippen molar-refractivity contribution in [2.24, 2.45) is 0 Å². The molecule has 0 aliphatic rings. The molecule has 0 aliphatic carbocycles. The van der Waals surface area contributed by atoms with E-state index < -0.39 is 56.6 Å². The van der Waals surface area contributed by atoms with Gasteiger partial charge in [0.25, 0.3) is 26.1 Å². The van der Waals surface area contributed by atoms with E-state index in [1.165, 1.54) is 35.6 Å². The van der Waals surface area contributed by atoms with Gasteiger partial charge in [0.1, 0.15) is 17.3 Å². The molecule has 0 fully saturated rings. The predicted molar refractivity (Wildman–Crippen MR) is 124 cm³/mol. The zero-order valence-electron chi connectivity index (χ0n) is 17.2. The maximum absolute atomic E-state index is 14.2. The summed E-state index contributed by atoms with van der Waals surface area (Å²) < 4.78 is 76.6. The molecule has 182 valence electrons. The normalized spacial score (nSPS) is 12.0. The van der Waals surface area contributed by atoms with Gasteiger partial charge < -0.3 is 5.32 Å². The number of pyridine rings is 1.